The van der Waals surface area contributed by atoms with Crippen molar-refractivity contribution >= 4 is 11.8 Å². The van der Waals surface area contributed by atoms with Crippen molar-refractivity contribution in [2.45, 2.75) is 37.8 Å². The van der Waals surface area contributed by atoms with E-state index in [4.69, 9.17) is 10.3 Å². The fourth-order valence-electron chi connectivity index (χ4n) is 2.43. The minimum absolute atomic E-state index is 0.122. The Morgan fingerprint density at radius 2 is 2.42 bits per heavy atom. The fraction of sp³-hybridized carbons (Fsp3) is 0.583. The van der Waals surface area contributed by atoms with Crippen LogP contribution in [0.1, 0.15) is 31.4 Å². The molecule has 0 bridgehead atoms. The maximum atomic E-state index is 12.5. The van der Waals surface area contributed by atoms with E-state index in [1.165, 1.54) is 11.1 Å². The van der Waals surface area contributed by atoms with Gasteiger partial charge in [-0.25, -0.2) is 0 Å². The summed E-state index contributed by atoms with van der Waals surface area (Å²) in [4.78, 5) is 25.1. The monoisotopic (exact) mass is 267 g/mol. The summed E-state index contributed by atoms with van der Waals surface area (Å²) >= 11 is 0. The molecule has 0 radical (unpaired) electrons. The summed E-state index contributed by atoms with van der Waals surface area (Å²) in [7, 11) is 0. The van der Waals surface area contributed by atoms with Gasteiger partial charge >= 0.3 is 0 Å². The van der Waals surface area contributed by atoms with E-state index in [9.17, 15) is 14.7 Å². The minimum atomic E-state index is -0.750. The second-order valence-corrected chi connectivity index (χ2v) is 4.67. The van der Waals surface area contributed by atoms with Crippen LogP contribution >= 0.6 is 0 Å². The average Bonchev–Trinajstić information content (AvgIpc) is 2.99. The SMILES string of the molecule is CC[C@@H](C(=O)N1C[C@H](O)C[C@H]1C(N)=O)c1ccno1. The smallest absolute Gasteiger partial charge is 0.240 e. The van der Waals surface area contributed by atoms with E-state index in [0.717, 1.165) is 0 Å². The van der Waals surface area contributed by atoms with Gasteiger partial charge in [-0.15, -0.1) is 0 Å². The van der Waals surface area contributed by atoms with Crippen LogP contribution in [0.2, 0.25) is 0 Å². The Labute approximate surface area is 110 Å². The van der Waals surface area contributed by atoms with Crippen molar-refractivity contribution in [3.63, 3.8) is 0 Å². The van der Waals surface area contributed by atoms with Crippen LogP contribution in [0.3, 0.4) is 0 Å². The van der Waals surface area contributed by atoms with E-state index >= 15 is 0 Å². The van der Waals surface area contributed by atoms with Crippen LogP contribution in [0, 0.1) is 0 Å². The Morgan fingerprint density at radius 3 is 2.95 bits per heavy atom. The first-order valence-corrected chi connectivity index (χ1v) is 6.23. The van der Waals surface area contributed by atoms with Crippen LogP contribution in [0.4, 0.5) is 0 Å². The highest BCUT2D eigenvalue weighted by Gasteiger charge is 2.40. The summed E-state index contributed by atoms with van der Waals surface area (Å²) in [5.41, 5.74) is 5.27. The summed E-state index contributed by atoms with van der Waals surface area (Å²) in [6, 6.07) is 0.872. The number of carbonyl (C=O) groups excluding carboxylic acids is 2. The van der Waals surface area contributed by atoms with Crippen LogP contribution in [-0.4, -0.2) is 45.7 Å². The van der Waals surface area contributed by atoms with Crippen molar-refractivity contribution < 1.29 is 19.2 Å². The second-order valence-electron chi connectivity index (χ2n) is 4.67. The number of nitrogens with two attached hydrogens (primary N) is 1. The highest BCUT2D eigenvalue weighted by atomic mass is 16.5. The van der Waals surface area contributed by atoms with Gasteiger partial charge < -0.3 is 20.3 Å². The number of aromatic nitrogens is 1. The number of likely N-dealkylation sites (tertiary alicyclic amines) is 1. The highest BCUT2D eigenvalue weighted by Crippen LogP contribution is 2.27. The van der Waals surface area contributed by atoms with Gasteiger partial charge in [0.2, 0.25) is 11.8 Å². The van der Waals surface area contributed by atoms with Gasteiger partial charge in [0.05, 0.1) is 18.2 Å². The topological polar surface area (TPSA) is 110 Å². The van der Waals surface area contributed by atoms with Gasteiger partial charge in [0.25, 0.3) is 0 Å². The molecular weight excluding hydrogens is 250 g/mol. The Hall–Kier alpha value is -1.89. The number of nitrogens with zero attached hydrogens (tertiary/aromatic N) is 2. The zero-order valence-electron chi connectivity index (χ0n) is 10.7. The molecule has 7 heteroatoms. The minimum Gasteiger partial charge on any atom is -0.391 e. The number of rotatable bonds is 4. The van der Waals surface area contributed by atoms with Crippen molar-refractivity contribution in [2.24, 2.45) is 5.73 Å². The quantitative estimate of drug-likeness (QED) is 0.772. The van der Waals surface area contributed by atoms with Crippen molar-refractivity contribution in [2.75, 3.05) is 6.54 Å². The van der Waals surface area contributed by atoms with Crippen molar-refractivity contribution in [3.8, 4) is 0 Å². The summed E-state index contributed by atoms with van der Waals surface area (Å²) in [6.07, 6.45) is 1.46. The Balaban J connectivity index is 2.20. The number of β-amino-alcohol motifs (C(OH)–C–C–N with tert-alkyl or cyclic N) is 1. The molecule has 7 nitrogen and oxygen atoms in total. The van der Waals surface area contributed by atoms with Gasteiger partial charge in [-0.1, -0.05) is 12.1 Å². The third-order valence-electron chi connectivity index (χ3n) is 3.40. The molecule has 1 aromatic heterocycles. The van der Waals surface area contributed by atoms with Gasteiger partial charge in [0, 0.05) is 19.0 Å². The molecule has 1 aliphatic rings. The first-order valence-electron chi connectivity index (χ1n) is 6.23. The molecule has 19 heavy (non-hydrogen) atoms. The first kappa shape index (κ1) is 13.5. The van der Waals surface area contributed by atoms with Crippen LogP contribution in [-0.2, 0) is 9.59 Å². The average molecular weight is 267 g/mol. The zero-order chi connectivity index (χ0) is 14.0. The standard InChI is InChI=1S/C12H17N3O4/c1-2-8(10-3-4-14-19-10)12(18)15-6-7(16)5-9(15)11(13)17/h3-4,7-9,16H,2,5-6H2,1H3,(H2,13,17)/t7-,8-,9+/m1/s1. The molecular formula is C12H17N3O4. The lowest BCUT2D eigenvalue weighted by Crippen LogP contribution is -2.45. The normalized spacial score (nSPS) is 24.4. The van der Waals surface area contributed by atoms with Crippen molar-refractivity contribution in [1.82, 2.24) is 10.1 Å². The maximum Gasteiger partial charge on any atom is 0.240 e. The lowest BCUT2D eigenvalue weighted by Gasteiger charge is -2.25. The third-order valence-corrected chi connectivity index (χ3v) is 3.40. The fourth-order valence-corrected chi connectivity index (χ4v) is 2.43. The highest BCUT2D eigenvalue weighted by molar-refractivity contribution is 5.90. The van der Waals surface area contributed by atoms with Gasteiger partial charge in [-0.3, -0.25) is 9.59 Å². The summed E-state index contributed by atoms with van der Waals surface area (Å²) in [6.45, 7) is 1.97. The molecule has 0 spiro atoms. The molecule has 3 atom stereocenters. The van der Waals surface area contributed by atoms with E-state index in [-0.39, 0.29) is 18.9 Å². The summed E-state index contributed by atoms with van der Waals surface area (Å²) in [5.74, 6) is -0.913. The van der Waals surface area contributed by atoms with E-state index in [1.807, 2.05) is 6.92 Å². The first-order chi connectivity index (χ1) is 9.04. The molecule has 1 aliphatic heterocycles. The molecule has 1 fully saturated rings. The van der Waals surface area contributed by atoms with E-state index in [1.54, 1.807) is 6.07 Å². The van der Waals surface area contributed by atoms with E-state index < -0.39 is 24.0 Å². The van der Waals surface area contributed by atoms with Gasteiger partial charge in [0.15, 0.2) is 0 Å². The largest absolute Gasteiger partial charge is 0.391 e. The number of amides is 2. The van der Waals surface area contributed by atoms with Crippen LogP contribution in [0.5, 0.6) is 0 Å². The molecule has 2 amide bonds. The third kappa shape index (κ3) is 2.60. The molecule has 1 saturated heterocycles. The number of carbonyl (C=O) groups is 2. The van der Waals surface area contributed by atoms with E-state index in [0.29, 0.717) is 12.2 Å². The van der Waals surface area contributed by atoms with Crippen molar-refractivity contribution in [1.29, 1.82) is 0 Å². The lowest BCUT2D eigenvalue weighted by molar-refractivity contribution is -0.139. The van der Waals surface area contributed by atoms with Gasteiger partial charge in [-0.2, -0.15) is 0 Å². The molecule has 2 heterocycles. The summed E-state index contributed by atoms with van der Waals surface area (Å²) < 4.78 is 5.01. The number of hydrogen-bond acceptors (Lipinski definition) is 5. The van der Waals surface area contributed by atoms with E-state index in [2.05, 4.69) is 5.16 Å². The zero-order valence-corrected chi connectivity index (χ0v) is 10.7. The van der Waals surface area contributed by atoms with Gasteiger partial charge in [-0.05, 0) is 6.42 Å². The molecule has 1 aromatic rings. The number of aliphatic hydroxyl groups is 1. The Bertz CT molecular complexity index is 460. The summed E-state index contributed by atoms with van der Waals surface area (Å²) in [5, 5.41) is 13.2. The molecule has 104 valence electrons. The number of hydrogen-bond donors (Lipinski definition) is 2. The van der Waals surface area contributed by atoms with Crippen LogP contribution in [0.25, 0.3) is 0 Å². The number of aliphatic hydroxyl groups excluding tert-OH is 1. The predicted octanol–water partition coefficient (Wildman–Crippen LogP) is -0.385. The maximum absolute atomic E-state index is 12.5. The second kappa shape index (κ2) is 5.40. The molecule has 0 saturated carbocycles. The Kier molecular flexibility index (Phi) is 3.84. The number of primary amides is 1. The van der Waals surface area contributed by atoms with Gasteiger partial charge in [0.1, 0.15) is 11.8 Å². The molecule has 0 aromatic carbocycles. The van der Waals surface area contributed by atoms with Crippen LogP contribution < -0.4 is 5.73 Å². The van der Waals surface area contributed by atoms with Crippen LogP contribution in [0.15, 0.2) is 16.8 Å². The van der Waals surface area contributed by atoms with Crippen molar-refractivity contribution in [3.05, 3.63) is 18.0 Å². The molecule has 0 unspecified atom stereocenters. The molecule has 2 rings (SSSR count). The molecule has 0 aliphatic carbocycles. The Morgan fingerprint density at radius 1 is 1.68 bits per heavy atom. The predicted molar refractivity (Wildman–Crippen MR) is 64.9 cm³/mol. The molecule has 3 N–H and O–H groups in total. The lowest BCUT2D eigenvalue weighted by atomic mass is 10.0.